The van der Waals surface area contributed by atoms with Crippen molar-refractivity contribution in [3.05, 3.63) is 76.3 Å². The zero-order valence-electron chi connectivity index (χ0n) is 15.1. The number of para-hydroxylation sites is 1. The molecule has 0 spiro atoms. The maximum atomic E-state index is 12.9. The van der Waals surface area contributed by atoms with Crippen molar-refractivity contribution in [2.24, 2.45) is 0 Å². The molecule has 0 radical (unpaired) electrons. The maximum Gasteiger partial charge on any atom is 0.335 e. The van der Waals surface area contributed by atoms with E-state index in [4.69, 9.17) is 4.74 Å². The van der Waals surface area contributed by atoms with E-state index in [1.54, 1.807) is 55.5 Å². The first-order chi connectivity index (χ1) is 13.4. The summed E-state index contributed by atoms with van der Waals surface area (Å²) in [6.45, 7) is 5.74. The highest BCUT2D eigenvalue weighted by atomic mass is 79.9. The van der Waals surface area contributed by atoms with Crippen LogP contribution >= 0.6 is 15.9 Å². The summed E-state index contributed by atoms with van der Waals surface area (Å²) in [6.07, 6.45) is 3.07. The van der Waals surface area contributed by atoms with Gasteiger partial charge < -0.3 is 4.74 Å². The predicted molar refractivity (Wildman–Crippen MR) is 110 cm³/mol. The van der Waals surface area contributed by atoms with Crippen molar-refractivity contribution in [2.75, 3.05) is 11.5 Å². The third kappa shape index (κ3) is 3.89. The lowest BCUT2D eigenvalue weighted by atomic mass is 10.1. The van der Waals surface area contributed by atoms with Crippen molar-refractivity contribution >= 4 is 45.5 Å². The van der Waals surface area contributed by atoms with Gasteiger partial charge in [0.05, 0.1) is 10.2 Å². The number of hydrogen-bond donors (Lipinski definition) is 1. The van der Waals surface area contributed by atoms with Crippen molar-refractivity contribution in [2.45, 2.75) is 6.92 Å². The van der Waals surface area contributed by atoms with Gasteiger partial charge in [-0.2, -0.15) is 0 Å². The lowest BCUT2D eigenvalue weighted by Crippen LogP contribution is -2.54. The summed E-state index contributed by atoms with van der Waals surface area (Å²) < 4.78 is 6.16. The van der Waals surface area contributed by atoms with Crippen LogP contribution < -0.4 is 15.0 Å². The SMILES string of the molecule is C=CCOc1ccc(/C=C2\C(=O)NC(=O)N(c3ccccc3C)C2=O)cc1Br. The van der Waals surface area contributed by atoms with Crippen LogP contribution in [-0.4, -0.2) is 24.5 Å². The molecule has 142 valence electrons. The smallest absolute Gasteiger partial charge is 0.335 e. The van der Waals surface area contributed by atoms with Crippen molar-refractivity contribution in [1.29, 1.82) is 0 Å². The summed E-state index contributed by atoms with van der Waals surface area (Å²) in [5.74, 6) is -0.799. The van der Waals surface area contributed by atoms with Crippen LogP contribution in [0.5, 0.6) is 5.75 Å². The Morgan fingerprint density at radius 1 is 1.18 bits per heavy atom. The topological polar surface area (TPSA) is 75.7 Å². The highest BCUT2D eigenvalue weighted by Gasteiger charge is 2.37. The van der Waals surface area contributed by atoms with Gasteiger partial charge in [-0.05, 0) is 58.3 Å². The zero-order chi connectivity index (χ0) is 20.3. The molecule has 4 amide bonds. The standard InChI is InChI=1S/C21H17BrN2O4/c1-3-10-28-18-9-8-14(12-16(18)22)11-15-19(25)23-21(27)24(20(15)26)17-7-5-4-6-13(17)2/h3-9,11-12H,1,10H2,2H3,(H,23,25,27)/b15-11+. The number of rotatable bonds is 5. The van der Waals surface area contributed by atoms with Gasteiger partial charge in [-0.3, -0.25) is 14.9 Å². The summed E-state index contributed by atoms with van der Waals surface area (Å²) in [7, 11) is 0. The largest absolute Gasteiger partial charge is 0.488 e. The Balaban J connectivity index is 1.96. The zero-order valence-corrected chi connectivity index (χ0v) is 16.7. The number of ether oxygens (including phenoxy) is 1. The molecule has 6 nitrogen and oxygen atoms in total. The highest BCUT2D eigenvalue weighted by molar-refractivity contribution is 9.10. The number of imide groups is 2. The average molecular weight is 441 g/mol. The monoisotopic (exact) mass is 440 g/mol. The third-order valence-corrected chi connectivity index (χ3v) is 4.70. The average Bonchev–Trinajstić information content (AvgIpc) is 2.66. The number of carbonyl (C=O) groups is 3. The van der Waals surface area contributed by atoms with E-state index < -0.39 is 17.8 Å². The lowest BCUT2D eigenvalue weighted by Gasteiger charge is -2.27. The molecule has 0 unspecified atom stereocenters. The van der Waals surface area contributed by atoms with Gasteiger partial charge >= 0.3 is 6.03 Å². The minimum Gasteiger partial charge on any atom is -0.488 e. The van der Waals surface area contributed by atoms with Gasteiger partial charge in [-0.25, -0.2) is 9.69 Å². The fourth-order valence-corrected chi connectivity index (χ4v) is 3.24. The number of nitrogens with one attached hydrogen (secondary N) is 1. The summed E-state index contributed by atoms with van der Waals surface area (Å²) in [5.41, 5.74) is 1.65. The molecular weight excluding hydrogens is 424 g/mol. The third-order valence-electron chi connectivity index (χ3n) is 4.08. The van der Waals surface area contributed by atoms with E-state index in [0.29, 0.717) is 28.1 Å². The van der Waals surface area contributed by atoms with Crippen molar-refractivity contribution in [1.82, 2.24) is 5.32 Å². The Morgan fingerprint density at radius 3 is 2.61 bits per heavy atom. The Labute approximate surface area is 170 Å². The van der Waals surface area contributed by atoms with Crippen molar-refractivity contribution in [3.8, 4) is 5.75 Å². The minimum absolute atomic E-state index is 0.130. The van der Waals surface area contributed by atoms with Crippen LogP contribution in [0, 0.1) is 6.92 Å². The maximum absolute atomic E-state index is 12.9. The molecule has 1 heterocycles. The first-order valence-corrected chi connectivity index (χ1v) is 9.22. The molecular formula is C21H17BrN2O4. The summed E-state index contributed by atoms with van der Waals surface area (Å²) in [6, 6.07) is 11.4. The Morgan fingerprint density at radius 2 is 1.93 bits per heavy atom. The van der Waals surface area contributed by atoms with Crippen LogP contribution in [0.4, 0.5) is 10.5 Å². The number of nitrogens with zero attached hydrogens (tertiary/aromatic N) is 1. The van der Waals surface area contributed by atoms with Gasteiger partial charge in [-0.1, -0.05) is 36.9 Å². The van der Waals surface area contributed by atoms with Crippen LogP contribution in [0.1, 0.15) is 11.1 Å². The molecule has 28 heavy (non-hydrogen) atoms. The van der Waals surface area contributed by atoms with Crippen molar-refractivity contribution in [3.63, 3.8) is 0 Å². The van der Waals surface area contributed by atoms with E-state index in [1.165, 1.54) is 6.08 Å². The number of halogens is 1. The van der Waals surface area contributed by atoms with E-state index in [9.17, 15) is 14.4 Å². The number of urea groups is 1. The lowest BCUT2D eigenvalue weighted by molar-refractivity contribution is -0.122. The van der Waals surface area contributed by atoms with Gasteiger partial charge in [0, 0.05) is 0 Å². The number of barbiturate groups is 1. The number of benzene rings is 2. The van der Waals surface area contributed by atoms with Crippen LogP contribution in [0.15, 0.2) is 65.2 Å². The summed E-state index contributed by atoms with van der Waals surface area (Å²) >= 11 is 3.40. The summed E-state index contributed by atoms with van der Waals surface area (Å²) in [4.78, 5) is 38.5. The van der Waals surface area contributed by atoms with Gasteiger partial charge in [0.2, 0.25) is 0 Å². The summed E-state index contributed by atoms with van der Waals surface area (Å²) in [5, 5.41) is 2.22. The second-order valence-electron chi connectivity index (χ2n) is 6.03. The van der Waals surface area contributed by atoms with Gasteiger partial charge in [0.25, 0.3) is 11.8 Å². The minimum atomic E-state index is -0.768. The number of carbonyl (C=O) groups excluding carboxylic acids is 3. The molecule has 2 aromatic carbocycles. The molecule has 0 aromatic heterocycles. The van der Waals surface area contributed by atoms with E-state index >= 15 is 0 Å². The molecule has 7 heteroatoms. The van der Waals surface area contributed by atoms with Gasteiger partial charge in [-0.15, -0.1) is 0 Å². The van der Waals surface area contributed by atoms with E-state index in [2.05, 4.69) is 27.8 Å². The van der Waals surface area contributed by atoms with E-state index in [0.717, 1.165) is 10.5 Å². The number of anilines is 1. The first kappa shape index (κ1) is 19.6. The Bertz CT molecular complexity index is 1010. The van der Waals surface area contributed by atoms with Crippen LogP contribution in [0.25, 0.3) is 6.08 Å². The van der Waals surface area contributed by atoms with E-state index in [-0.39, 0.29) is 5.57 Å². The van der Waals surface area contributed by atoms with Crippen molar-refractivity contribution < 1.29 is 19.1 Å². The highest BCUT2D eigenvalue weighted by Crippen LogP contribution is 2.28. The molecule has 1 fully saturated rings. The molecule has 1 N–H and O–H groups in total. The number of hydrogen-bond acceptors (Lipinski definition) is 4. The quantitative estimate of drug-likeness (QED) is 0.433. The molecule has 1 saturated heterocycles. The molecule has 1 aliphatic rings. The Kier molecular flexibility index (Phi) is 5.75. The normalized spacial score (nSPS) is 15.6. The molecule has 2 aromatic rings. The molecule has 3 rings (SSSR count). The Hall–Kier alpha value is -3.19. The molecule has 1 aliphatic heterocycles. The van der Waals surface area contributed by atoms with E-state index in [1.807, 2.05) is 0 Å². The molecule has 0 aliphatic carbocycles. The molecule has 0 atom stereocenters. The van der Waals surface area contributed by atoms with Crippen LogP contribution in [-0.2, 0) is 9.59 Å². The molecule has 0 bridgehead atoms. The second-order valence-corrected chi connectivity index (χ2v) is 6.89. The predicted octanol–water partition coefficient (Wildman–Crippen LogP) is 3.99. The second kappa shape index (κ2) is 8.22. The number of amides is 4. The van der Waals surface area contributed by atoms with Crippen LogP contribution in [0.2, 0.25) is 0 Å². The number of aryl methyl sites for hydroxylation is 1. The fourth-order valence-electron chi connectivity index (χ4n) is 2.73. The van der Waals surface area contributed by atoms with Gasteiger partial charge in [0.1, 0.15) is 17.9 Å². The van der Waals surface area contributed by atoms with Crippen LogP contribution in [0.3, 0.4) is 0 Å². The fraction of sp³-hybridized carbons (Fsp3) is 0.0952. The molecule has 0 saturated carbocycles. The first-order valence-electron chi connectivity index (χ1n) is 8.42. The van der Waals surface area contributed by atoms with Gasteiger partial charge in [0.15, 0.2) is 0 Å².